The highest BCUT2D eigenvalue weighted by atomic mass is 35.5. The van der Waals surface area contributed by atoms with E-state index in [-0.39, 0.29) is 22.9 Å². The first-order chi connectivity index (χ1) is 7.10. The number of aliphatic hydroxyl groups is 1. The van der Waals surface area contributed by atoms with Crippen LogP contribution in [0.3, 0.4) is 0 Å². The molecule has 1 aromatic carbocycles. The van der Waals surface area contributed by atoms with Gasteiger partial charge in [-0.05, 0) is 19.0 Å². The summed E-state index contributed by atoms with van der Waals surface area (Å²) in [7, 11) is 1.40. The molecule has 84 valence electrons. The number of hydrogen-bond acceptors (Lipinski definition) is 3. The van der Waals surface area contributed by atoms with Crippen LogP contribution >= 0.6 is 11.6 Å². The van der Waals surface area contributed by atoms with Gasteiger partial charge in [0, 0.05) is 11.6 Å². The summed E-state index contributed by atoms with van der Waals surface area (Å²) in [4.78, 5) is 0. The molecule has 0 aliphatic rings. The molecule has 0 aliphatic heterocycles. The summed E-state index contributed by atoms with van der Waals surface area (Å²) in [5, 5.41) is 9.84. The second-order valence-electron chi connectivity index (χ2n) is 3.10. The summed E-state index contributed by atoms with van der Waals surface area (Å²) >= 11 is 5.81. The molecule has 0 radical (unpaired) electrons. The van der Waals surface area contributed by atoms with E-state index in [0.717, 1.165) is 6.07 Å². The lowest BCUT2D eigenvalue weighted by Gasteiger charge is -2.12. The van der Waals surface area contributed by atoms with E-state index in [1.807, 2.05) is 0 Å². The Hall–Kier alpha value is -0.840. The Labute approximate surface area is 92.6 Å². The molecule has 0 amide bonds. The van der Waals surface area contributed by atoms with Crippen LogP contribution in [-0.4, -0.2) is 18.8 Å². The van der Waals surface area contributed by atoms with Gasteiger partial charge in [0.15, 0.2) is 0 Å². The van der Waals surface area contributed by atoms with E-state index < -0.39 is 11.9 Å². The minimum Gasteiger partial charge on any atom is -0.495 e. The average Bonchev–Trinajstić information content (AvgIpc) is 2.21. The van der Waals surface area contributed by atoms with Gasteiger partial charge in [-0.2, -0.15) is 0 Å². The van der Waals surface area contributed by atoms with Crippen LogP contribution in [-0.2, 0) is 0 Å². The Kier molecular flexibility index (Phi) is 4.32. The first kappa shape index (κ1) is 12.2. The van der Waals surface area contributed by atoms with Crippen LogP contribution in [0, 0.1) is 5.82 Å². The van der Waals surface area contributed by atoms with Gasteiger partial charge in [-0.25, -0.2) is 4.39 Å². The molecule has 1 atom stereocenters. The molecule has 0 saturated carbocycles. The third kappa shape index (κ3) is 2.81. The second kappa shape index (κ2) is 5.30. The van der Waals surface area contributed by atoms with E-state index >= 15 is 0 Å². The fraction of sp³-hybridized carbons (Fsp3) is 0.400. The highest BCUT2D eigenvalue weighted by molar-refractivity contribution is 6.32. The number of methoxy groups -OCH3 is 1. The maximum absolute atomic E-state index is 13.5. The van der Waals surface area contributed by atoms with E-state index in [0.29, 0.717) is 6.42 Å². The minimum atomic E-state index is -0.932. The Balaban J connectivity index is 3.04. The molecule has 0 saturated heterocycles. The van der Waals surface area contributed by atoms with Crippen molar-refractivity contribution in [3.63, 3.8) is 0 Å². The molecular weight excluding hydrogens is 221 g/mol. The molecule has 0 spiro atoms. The maximum Gasteiger partial charge on any atom is 0.140 e. The highest BCUT2D eigenvalue weighted by Gasteiger charge is 2.15. The molecule has 5 heteroatoms. The average molecular weight is 234 g/mol. The zero-order valence-corrected chi connectivity index (χ0v) is 9.09. The van der Waals surface area contributed by atoms with E-state index in [4.69, 9.17) is 22.1 Å². The van der Waals surface area contributed by atoms with Crippen LogP contribution in [0.25, 0.3) is 0 Å². The van der Waals surface area contributed by atoms with E-state index in [9.17, 15) is 9.50 Å². The van der Waals surface area contributed by atoms with Crippen LogP contribution in [0.5, 0.6) is 5.75 Å². The molecule has 0 bridgehead atoms. The molecule has 0 aliphatic carbocycles. The van der Waals surface area contributed by atoms with Gasteiger partial charge < -0.3 is 15.6 Å². The molecule has 0 aromatic heterocycles. The number of halogens is 2. The Morgan fingerprint density at radius 3 is 2.80 bits per heavy atom. The van der Waals surface area contributed by atoms with Gasteiger partial charge in [0.1, 0.15) is 11.6 Å². The number of hydrogen-bond donors (Lipinski definition) is 2. The largest absolute Gasteiger partial charge is 0.495 e. The van der Waals surface area contributed by atoms with Gasteiger partial charge in [0.25, 0.3) is 0 Å². The minimum absolute atomic E-state index is 0.145. The molecule has 1 rings (SSSR count). The number of benzene rings is 1. The van der Waals surface area contributed by atoms with Crippen molar-refractivity contribution < 1.29 is 14.2 Å². The van der Waals surface area contributed by atoms with Crippen molar-refractivity contribution in [2.75, 3.05) is 13.7 Å². The monoisotopic (exact) mass is 233 g/mol. The van der Waals surface area contributed by atoms with Crippen LogP contribution in [0.2, 0.25) is 5.02 Å². The zero-order chi connectivity index (χ0) is 11.4. The smallest absolute Gasteiger partial charge is 0.140 e. The normalized spacial score (nSPS) is 12.6. The van der Waals surface area contributed by atoms with Gasteiger partial charge in [-0.15, -0.1) is 0 Å². The third-order valence-electron chi connectivity index (χ3n) is 2.07. The first-order valence-corrected chi connectivity index (χ1v) is 4.89. The summed E-state index contributed by atoms with van der Waals surface area (Å²) in [5.41, 5.74) is 5.42. The zero-order valence-electron chi connectivity index (χ0n) is 8.34. The van der Waals surface area contributed by atoms with Gasteiger partial charge >= 0.3 is 0 Å². The van der Waals surface area contributed by atoms with E-state index in [1.54, 1.807) is 0 Å². The van der Waals surface area contributed by atoms with Gasteiger partial charge in [0.05, 0.1) is 18.2 Å². The number of ether oxygens (including phenoxy) is 1. The summed E-state index contributed by atoms with van der Waals surface area (Å²) < 4.78 is 18.3. The lowest BCUT2D eigenvalue weighted by molar-refractivity contribution is 0.165. The Morgan fingerprint density at radius 2 is 2.27 bits per heavy atom. The molecule has 0 heterocycles. The fourth-order valence-electron chi connectivity index (χ4n) is 1.27. The number of aliphatic hydroxyl groups excluding tert-OH is 1. The molecule has 15 heavy (non-hydrogen) atoms. The number of nitrogens with two attached hydrogens (primary N) is 1. The second-order valence-corrected chi connectivity index (χ2v) is 3.51. The third-order valence-corrected chi connectivity index (χ3v) is 2.37. The van der Waals surface area contributed by atoms with Crippen molar-refractivity contribution in [2.45, 2.75) is 12.5 Å². The van der Waals surface area contributed by atoms with Crippen molar-refractivity contribution in [3.8, 4) is 5.75 Å². The van der Waals surface area contributed by atoms with Gasteiger partial charge in [-0.3, -0.25) is 0 Å². The summed E-state index contributed by atoms with van der Waals surface area (Å²) in [6, 6.07) is 2.51. The lowest BCUT2D eigenvalue weighted by Crippen LogP contribution is -2.08. The van der Waals surface area contributed by atoms with Crippen LogP contribution in [0.1, 0.15) is 18.1 Å². The SMILES string of the molecule is COc1cc(F)c(C(O)CCN)cc1Cl. The van der Waals surface area contributed by atoms with Crippen molar-refractivity contribution in [1.29, 1.82) is 0 Å². The van der Waals surface area contributed by atoms with Crippen molar-refractivity contribution in [1.82, 2.24) is 0 Å². The van der Waals surface area contributed by atoms with E-state index in [2.05, 4.69) is 0 Å². The molecule has 3 N–H and O–H groups in total. The predicted molar refractivity (Wildman–Crippen MR) is 56.6 cm³/mol. The van der Waals surface area contributed by atoms with Crippen LogP contribution in [0.15, 0.2) is 12.1 Å². The van der Waals surface area contributed by atoms with E-state index in [1.165, 1.54) is 13.2 Å². The standard InChI is InChI=1S/C10H13ClFNO2/c1-15-10-5-8(12)6(4-7(10)11)9(14)2-3-13/h4-5,9,14H,2-3,13H2,1H3. The highest BCUT2D eigenvalue weighted by Crippen LogP contribution is 2.30. The van der Waals surface area contributed by atoms with Crippen LogP contribution < -0.4 is 10.5 Å². The van der Waals surface area contributed by atoms with Crippen molar-refractivity contribution >= 4 is 11.6 Å². The Bertz CT molecular complexity index is 346. The summed E-state index contributed by atoms with van der Waals surface area (Å²) in [5.74, 6) is -0.296. The molecule has 0 fully saturated rings. The maximum atomic E-state index is 13.5. The summed E-state index contributed by atoms with van der Waals surface area (Å²) in [6.45, 7) is 0.282. The van der Waals surface area contributed by atoms with Crippen molar-refractivity contribution in [2.24, 2.45) is 5.73 Å². The molecule has 1 unspecified atom stereocenters. The van der Waals surface area contributed by atoms with Crippen LogP contribution in [0.4, 0.5) is 4.39 Å². The Morgan fingerprint density at radius 1 is 1.60 bits per heavy atom. The topological polar surface area (TPSA) is 55.5 Å². The lowest BCUT2D eigenvalue weighted by atomic mass is 10.1. The fourth-order valence-corrected chi connectivity index (χ4v) is 1.52. The summed E-state index contributed by atoms with van der Waals surface area (Å²) in [6.07, 6.45) is -0.641. The quantitative estimate of drug-likeness (QED) is 0.835. The number of rotatable bonds is 4. The molecule has 3 nitrogen and oxygen atoms in total. The van der Waals surface area contributed by atoms with Gasteiger partial charge in [0.2, 0.25) is 0 Å². The van der Waals surface area contributed by atoms with Crippen molar-refractivity contribution in [3.05, 3.63) is 28.5 Å². The molecular formula is C10H13ClFNO2. The predicted octanol–water partition coefficient (Wildman–Crippen LogP) is 1.87. The molecule has 1 aromatic rings. The first-order valence-electron chi connectivity index (χ1n) is 4.51. The van der Waals surface area contributed by atoms with Gasteiger partial charge in [-0.1, -0.05) is 11.6 Å².